The molecule has 0 spiro atoms. The fraction of sp³-hybridized carbons (Fsp3) is 0.111. The first-order valence-electron chi connectivity index (χ1n) is 7.76. The minimum atomic E-state index is -0.469. The summed E-state index contributed by atoms with van der Waals surface area (Å²) in [5.41, 5.74) is 1.34. The highest BCUT2D eigenvalue weighted by Crippen LogP contribution is 2.30. The molecule has 0 aliphatic rings. The molecule has 9 heteroatoms. The van der Waals surface area contributed by atoms with Crippen LogP contribution >= 0.6 is 11.3 Å². The van der Waals surface area contributed by atoms with Crippen LogP contribution in [-0.4, -0.2) is 30.0 Å². The summed E-state index contributed by atoms with van der Waals surface area (Å²) in [5.74, 6) is 0.800. The lowest BCUT2D eigenvalue weighted by Gasteiger charge is -2.07. The van der Waals surface area contributed by atoms with E-state index in [2.05, 4.69) is 10.3 Å². The van der Waals surface area contributed by atoms with E-state index in [4.69, 9.17) is 9.47 Å². The number of carbonyl (C=O) groups excluding carboxylic acids is 1. The summed E-state index contributed by atoms with van der Waals surface area (Å²) < 4.78 is 11.0. The van der Waals surface area contributed by atoms with Gasteiger partial charge in [0.15, 0.2) is 16.6 Å². The number of non-ortho nitro benzene ring substituents is 1. The van der Waals surface area contributed by atoms with E-state index in [-0.39, 0.29) is 11.6 Å². The van der Waals surface area contributed by atoms with E-state index in [1.807, 2.05) is 0 Å². The van der Waals surface area contributed by atoms with Crippen molar-refractivity contribution in [3.63, 3.8) is 0 Å². The van der Waals surface area contributed by atoms with Gasteiger partial charge in [0.25, 0.3) is 5.69 Å². The van der Waals surface area contributed by atoms with Crippen LogP contribution in [0.4, 0.5) is 10.8 Å². The van der Waals surface area contributed by atoms with E-state index in [1.165, 1.54) is 36.7 Å². The fourth-order valence-corrected chi connectivity index (χ4v) is 3.26. The summed E-state index contributed by atoms with van der Waals surface area (Å²) in [6.45, 7) is 0. The van der Waals surface area contributed by atoms with Gasteiger partial charge in [-0.15, -0.1) is 0 Å². The molecule has 0 atom stereocenters. The monoisotopic (exact) mass is 385 g/mol. The number of benzene rings is 2. The minimum absolute atomic E-state index is 0.0163. The van der Waals surface area contributed by atoms with E-state index in [9.17, 15) is 14.9 Å². The molecule has 0 aliphatic carbocycles. The highest BCUT2D eigenvalue weighted by atomic mass is 32.1. The summed E-state index contributed by atoms with van der Waals surface area (Å²) in [6.07, 6.45) is 3.01. The van der Waals surface area contributed by atoms with Gasteiger partial charge in [-0.05, 0) is 29.8 Å². The number of ether oxygens (including phenoxy) is 2. The van der Waals surface area contributed by atoms with Crippen molar-refractivity contribution in [3.8, 4) is 11.5 Å². The molecule has 0 bridgehead atoms. The topological polar surface area (TPSA) is 104 Å². The van der Waals surface area contributed by atoms with Gasteiger partial charge >= 0.3 is 0 Å². The maximum Gasteiger partial charge on any atom is 0.270 e. The molecule has 138 valence electrons. The summed E-state index contributed by atoms with van der Waals surface area (Å²) in [7, 11) is 3.09. The van der Waals surface area contributed by atoms with E-state index < -0.39 is 4.92 Å². The van der Waals surface area contributed by atoms with Crippen LogP contribution < -0.4 is 14.8 Å². The fourth-order valence-electron chi connectivity index (χ4n) is 2.36. The number of nitrogens with zero attached hydrogens (tertiary/aromatic N) is 2. The number of aromatic nitrogens is 1. The van der Waals surface area contributed by atoms with E-state index in [0.29, 0.717) is 26.8 Å². The molecular weight excluding hydrogens is 370 g/mol. The Labute approximate surface area is 158 Å². The van der Waals surface area contributed by atoms with Gasteiger partial charge in [0.05, 0.1) is 29.4 Å². The molecule has 27 heavy (non-hydrogen) atoms. The van der Waals surface area contributed by atoms with Crippen molar-refractivity contribution in [2.45, 2.75) is 0 Å². The van der Waals surface area contributed by atoms with Crippen molar-refractivity contribution in [1.82, 2.24) is 4.98 Å². The zero-order chi connectivity index (χ0) is 19.4. The maximum atomic E-state index is 12.1. The number of anilines is 1. The van der Waals surface area contributed by atoms with Crippen LogP contribution in [0.5, 0.6) is 11.5 Å². The maximum absolute atomic E-state index is 12.1. The van der Waals surface area contributed by atoms with Crippen LogP contribution in [0.1, 0.15) is 5.56 Å². The second kappa shape index (κ2) is 7.83. The summed E-state index contributed by atoms with van der Waals surface area (Å²) >= 11 is 1.17. The van der Waals surface area contributed by atoms with Gasteiger partial charge in [0.2, 0.25) is 5.91 Å². The van der Waals surface area contributed by atoms with Gasteiger partial charge in [-0.25, -0.2) is 4.98 Å². The Morgan fingerprint density at radius 1 is 1.19 bits per heavy atom. The third-order valence-electron chi connectivity index (χ3n) is 3.65. The molecular formula is C18H15N3O5S. The first-order valence-corrected chi connectivity index (χ1v) is 8.58. The Morgan fingerprint density at radius 3 is 2.67 bits per heavy atom. The number of nitrogens with one attached hydrogen (secondary N) is 1. The quantitative estimate of drug-likeness (QED) is 0.392. The Morgan fingerprint density at radius 2 is 1.96 bits per heavy atom. The van der Waals surface area contributed by atoms with Crippen LogP contribution in [0.3, 0.4) is 0 Å². The molecule has 1 amide bonds. The lowest BCUT2D eigenvalue weighted by molar-refractivity contribution is -0.384. The van der Waals surface area contributed by atoms with Gasteiger partial charge in [0, 0.05) is 18.2 Å². The number of thiazole rings is 1. The molecule has 1 N–H and O–H groups in total. The first-order chi connectivity index (χ1) is 13.0. The molecule has 8 nitrogen and oxygen atoms in total. The molecule has 0 saturated heterocycles. The van der Waals surface area contributed by atoms with Crippen LogP contribution in [0.25, 0.3) is 16.3 Å². The normalized spacial score (nSPS) is 10.9. The SMILES string of the molecule is COc1ccc(C=CC(=O)Nc2nc3ccc([N+](=O)[O-])cc3s2)cc1OC. The Balaban J connectivity index is 1.73. The second-order valence-electron chi connectivity index (χ2n) is 5.37. The third kappa shape index (κ3) is 4.21. The third-order valence-corrected chi connectivity index (χ3v) is 4.58. The summed E-state index contributed by atoms with van der Waals surface area (Å²) in [5, 5.41) is 13.9. The van der Waals surface area contributed by atoms with Crippen LogP contribution in [-0.2, 0) is 4.79 Å². The van der Waals surface area contributed by atoms with E-state index in [1.54, 1.807) is 37.5 Å². The predicted octanol–water partition coefficient (Wildman–Crippen LogP) is 3.87. The molecule has 0 aliphatic heterocycles. The number of nitro benzene ring substituents is 1. The van der Waals surface area contributed by atoms with E-state index in [0.717, 1.165) is 5.56 Å². The average molecular weight is 385 g/mol. The largest absolute Gasteiger partial charge is 0.493 e. The number of fused-ring (bicyclic) bond motifs is 1. The Hall–Kier alpha value is -3.46. The number of rotatable bonds is 6. The van der Waals surface area contributed by atoms with Gasteiger partial charge in [-0.3, -0.25) is 20.2 Å². The zero-order valence-corrected chi connectivity index (χ0v) is 15.3. The number of amides is 1. The lowest BCUT2D eigenvalue weighted by Crippen LogP contribution is -2.07. The highest BCUT2D eigenvalue weighted by Gasteiger charge is 2.11. The average Bonchev–Trinajstić information content (AvgIpc) is 3.07. The van der Waals surface area contributed by atoms with Crippen molar-refractivity contribution in [2.75, 3.05) is 19.5 Å². The van der Waals surface area contributed by atoms with Crippen molar-refractivity contribution >= 4 is 44.4 Å². The Kier molecular flexibility index (Phi) is 5.32. The van der Waals surface area contributed by atoms with E-state index >= 15 is 0 Å². The molecule has 0 unspecified atom stereocenters. The lowest BCUT2D eigenvalue weighted by atomic mass is 10.2. The minimum Gasteiger partial charge on any atom is -0.493 e. The standard InChI is InChI=1S/C18H15N3O5S/c1-25-14-7-3-11(9-15(14)26-2)4-8-17(22)20-18-19-13-6-5-12(21(23)24)10-16(13)27-18/h3-10H,1-2H3,(H,19,20,22). The summed E-state index contributed by atoms with van der Waals surface area (Å²) in [4.78, 5) is 26.7. The van der Waals surface area contributed by atoms with Crippen molar-refractivity contribution < 1.29 is 19.2 Å². The molecule has 2 aromatic carbocycles. The second-order valence-corrected chi connectivity index (χ2v) is 6.40. The number of carbonyl (C=O) groups is 1. The van der Waals surface area contributed by atoms with Crippen molar-refractivity contribution in [1.29, 1.82) is 0 Å². The molecule has 0 radical (unpaired) electrons. The molecule has 1 aromatic heterocycles. The van der Waals surface area contributed by atoms with Gasteiger partial charge in [-0.1, -0.05) is 17.4 Å². The molecule has 1 heterocycles. The smallest absolute Gasteiger partial charge is 0.270 e. The Bertz CT molecular complexity index is 1040. The highest BCUT2D eigenvalue weighted by molar-refractivity contribution is 7.22. The summed E-state index contributed by atoms with van der Waals surface area (Å²) in [6, 6.07) is 9.66. The predicted molar refractivity (Wildman–Crippen MR) is 103 cm³/mol. The molecule has 0 fully saturated rings. The first kappa shape index (κ1) is 18.3. The van der Waals surface area contributed by atoms with Crippen LogP contribution in [0, 0.1) is 10.1 Å². The van der Waals surface area contributed by atoms with Gasteiger partial charge < -0.3 is 9.47 Å². The van der Waals surface area contributed by atoms with Crippen molar-refractivity contribution in [3.05, 3.63) is 58.2 Å². The van der Waals surface area contributed by atoms with Crippen LogP contribution in [0.2, 0.25) is 0 Å². The number of nitro groups is 1. The van der Waals surface area contributed by atoms with Crippen LogP contribution in [0.15, 0.2) is 42.5 Å². The molecule has 3 rings (SSSR count). The van der Waals surface area contributed by atoms with Gasteiger partial charge in [0.1, 0.15) is 0 Å². The molecule has 3 aromatic rings. The number of methoxy groups -OCH3 is 2. The molecule has 0 saturated carbocycles. The van der Waals surface area contributed by atoms with Gasteiger partial charge in [-0.2, -0.15) is 0 Å². The van der Waals surface area contributed by atoms with Crippen molar-refractivity contribution in [2.24, 2.45) is 0 Å². The number of hydrogen-bond donors (Lipinski definition) is 1. The zero-order valence-electron chi connectivity index (χ0n) is 14.5. The number of hydrogen-bond acceptors (Lipinski definition) is 7.